The Bertz CT molecular complexity index is 241. The van der Waals surface area contributed by atoms with Crippen LogP contribution in [0.5, 0.6) is 0 Å². The molecule has 4 heteroatoms. The predicted octanol–water partition coefficient (Wildman–Crippen LogP) is 0.824. The third-order valence-electron chi connectivity index (χ3n) is 1.60. The largest absolute Gasteiger partial charge is 0.322 e. The molecule has 0 saturated heterocycles. The Balaban J connectivity index is 2.75. The van der Waals surface area contributed by atoms with Crippen LogP contribution in [0.3, 0.4) is 0 Å². The van der Waals surface area contributed by atoms with Gasteiger partial charge in [-0.2, -0.15) is 0 Å². The highest BCUT2D eigenvalue weighted by Gasteiger charge is 2.20. The zero-order valence-corrected chi connectivity index (χ0v) is 6.28. The van der Waals surface area contributed by atoms with Crippen molar-refractivity contribution in [2.24, 2.45) is 5.73 Å². The Morgan fingerprint density at radius 3 is 2.82 bits per heavy atom. The first-order valence-corrected chi connectivity index (χ1v) is 3.34. The van der Waals surface area contributed by atoms with Crippen molar-refractivity contribution in [1.82, 2.24) is 0 Å². The van der Waals surface area contributed by atoms with E-state index in [0.29, 0.717) is 6.42 Å². The number of nitrogens with zero attached hydrogens (tertiary/aromatic N) is 1. The summed E-state index contributed by atoms with van der Waals surface area (Å²) in [6.07, 6.45) is 5.18. The van der Waals surface area contributed by atoms with Crippen LogP contribution >= 0.6 is 0 Å². The molecule has 2 N–H and O–H groups in total. The summed E-state index contributed by atoms with van der Waals surface area (Å²) < 4.78 is 0. The highest BCUT2D eigenvalue weighted by Crippen LogP contribution is 2.17. The molecule has 1 rings (SSSR count). The van der Waals surface area contributed by atoms with Crippen molar-refractivity contribution in [3.8, 4) is 0 Å². The number of allylic oxidation sites excluding steroid dienone is 1. The lowest BCUT2D eigenvalue weighted by atomic mass is 9.94. The van der Waals surface area contributed by atoms with E-state index in [2.05, 4.69) is 0 Å². The van der Waals surface area contributed by atoms with Gasteiger partial charge in [-0.15, -0.1) is 0 Å². The lowest BCUT2D eigenvalue weighted by Gasteiger charge is -2.19. The molecule has 0 fully saturated rings. The van der Waals surface area contributed by atoms with Crippen LogP contribution in [0.1, 0.15) is 13.3 Å². The summed E-state index contributed by atoms with van der Waals surface area (Å²) in [6.45, 7) is 1.83. The summed E-state index contributed by atoms with van der Waals surface area (Å²) in [5.74, 6) is 0. The van der Waals surface area contributed by atoms with Crippen molar-refractivity contribution >= 4 is 0 Å². The zero-order chi connectivity index (χ0) is 8.48. The van der Waals surface area contributed by atoms with Gasteiger partial charge in [-0.05, 0) is 19.4 Å². The topological polar surface area (TPSA) is 69.2 Å². The Hall–Kier alpha value is -1.16. The van der Waals surface area contributed by atoms with Gasteiger partial charge in [0.05, 0.1) is 4.92 Å². The molecule has 11 heavy (non-hydrogen) atoms. The first-order valence-electron chi connectivity index (χ1n) is 3.34. The third-order valence-corrected chi connectivity index (χ3v) is 1.60. The first kappa shape index (κ1) is 7.94. The smallest absolute Gasteiger partial charge is 0.265 e. The second-order valence-electron chi connectivity index (χ2n) is 2.93. The number of nitro groups is 1. The van der Waals surface area contributed by atoms with Gasteiger partial charge in [0.1, 0.15) is 0 Å². The summed E-state index contributed by atoms with van der Waals surface area (Å²) in [5, 5.41) is 10.2. The second-order valence-corrected chi connectivity index (χ2v) is 2.93. The average molecular weight is 154 g/mol. The quantitative estimate of drug-likeness (QED) is 0.449. The van der Waals surface area contributed by atoms with Crippen LogP contribution in [0, 0.1) is 10.1 Å². The fraction of sp³-hybridized carbons (Fsp3) is 0.429. The van der Waals surface area contributed by atoms with Gasteiger partial charge in [0.15, 0.2) is 0 Å². The van der Waals surface area contributed by atoms with Gasteiger partial charge in [-0.25, -0.2) is 0 Å². The van der Waals surface area contributed by atoms with E-state index >= 15 is 0 Å². The lowest BCUT2D eigenvalue weighted by Crippen LogP contribution is -2.34. The minimum atomic E-state index is -0.417. The average Bonchev–Trinajstić information content (AvgIpc) is 1.86. The van der Waals surface area contributed by atoms with Gasteiger partial charge in [0.25, 0.3) is 5.70 Å². The molecule has 1 atom stereocenters. The van der Waals surface area contributed by atoms with Crippen LogP contribution in [-0.4, -0.2) is 10.5 Å². The van der Waals surface area contributed by atoms with E-state index < -0.39 is 10.5 Å². The molecule has 0 spiro atoms. The molecule has 0 radical (unpaired) electrons. The summed E-state index contributed by atoms with van der Waals surface area (Å²) in [6, 6.07) is 0. The third kappa shape index (κ3) is 1.88. The van der Waals surface area contributed by atoms with Crippen molar-refractivity contribution in [3.63, 3.8) is 0 Å². The molecular formula is C7H10N2O2. The van der Waals surface area contributed by atoms with Crippen LogP contribution in [0.15, 0.2) is 23.9 Å². The van der Waals surface area contributed by atoms with E-state index in [-0.39, 0.29) is 5.70 Å². The molecule has 4 nitrogen and oxygen atoms in total. The normalized spacial score (nSPS) is 29.8. The fourth-order valence-electron chi connectivity index (χ4n) is 0.872. The summed E-state index contributed by atoms with van der Waals surface area (Å²) >= 11 is 0. The van der Waals surface area contributed by atoms with E-state index in [9.17, 15) is 10.1 Å². The Kier molecular flexibility index (Phi) is 1.78. The molecule has 1 unspecified atom stereocenters. The van der Waals surface area contributed by atoms with Crippen molar-refractivity contribution in [2.45, 2.75) is 18.9 Å². The molecule has 0 aromatic heterocycles. The van der Waals surface area contributed by atoms with Crippen LogP contribution < -0.4 is 5.73 Å². The molecule has 1 aliphatic carbocycles. The molecule has 0 aliphatic heterocycles. The minimum absolute atomic E-state index is 0.132. The molecular weight excluding hydrogens is 144 g/mol. The Morgan fingerprint density at radius 2 is 2.45 bits per heavy atom. The van der Waals surface area contributed by atoms with Crippen LogP contribution in [0.4, 0.5) is 0 Å². The highest BCUT2D eigenvalue weighted by atomic mass is 16.6. The van der Waals surface area contributed by atoms with E-state index in [1.54, 1.807) is 12.2 Å². The van der Waals surface area contributed by atoms with E-state index in [1.807, 2.05) is 6.92 Å². The molecule has 1 aliphatic rings. The standard InChI is InChI=1S/C7H10N2O2/c1-7(8)4-2-6(3-5-7)9(10)11/h2-4H,5,8H2,1H3. The molecule has 0 aromatic rings. The molecule has 60 valence electrons. The Labute approximate surface area is 64.5 Å². The van der Waals surface area contributed by atoms with Gasteiger partial charge in [-0.1, -0.05) is 6.08 Å². The van der Waals surface area contributed by atoms with E-state index in [1.165, 1.54) is 6.08 Å². The summed E-state index contributed by atoms with van der Waals surface area (Å²) in [5.41, 5.74) is 5.40. The molecule has 0 saturated carbocycles. The maximum atomic E-state index is 10.2. The minimum Gasteiger partial charge on any atom is -0.322 e. The van der Waals surface area contributed by atoms with Crippen molar-refractivity contribution in [1.29, 1.82) is 0 Å². The number of rotatable bonds is 1. The monoisotopic (exact) mass is 154 g/mol. The highest BCUT2D eigenvalue weighted by molar-refractivity contribution is 5.23. The van der Waals surface area contributed by atoms with E-state index in [0.717, 1.165) is 0 Å². The molecule has 0 amide bonds. The summed E-state index contributed by atoms with van der Waals surface area (Å²) in [4.78, 5) is 9.80. The first-order chi connectivity index (χ1) is 5.01. The molecule has 0 heterocycles. The number of nitrogens with two attached hydrogens (primary N) is 1. The number of hydrogen-bond donors (Lipinski definition) is 1. The van der Waals surface area contributed by atoms with Gasteiger partial charge in [0, 0.05) is 11.6 Å². The van der Waals surface area contributed by atoms with Crippen LogP contribution in [-0.2, 0) is 0 Å². The Morgan fingerprint density at radius 1 is 1.82 bits per heavy atom. The van der Waals surface area contributed by atoms with Crippen molar-refractivity contribution in [3.05, 3.63) is 34.0 Å². The van der Waals surface area contributed by atoms with Crippen molar-refractivity contribution < 1.29 is 4.92 Å². The van der Waals surface area contributed by atoms with Crippen LogP contribution in [0.25, 0.3) is 0 Å². The van der Waals surface area contributed by atoms with Gasteiger partial charge in [-0.3, -0.25) is 10.1 Å². The summed E-state index contributed by atoms with van der Waals surface area (Å²) in [7, 11) is 0. The molecule has 0 aromatic carbocycles. The maximum absolute atomic E-state index is 10.2. The van der Waals surface area contributed by atoms with Gasteiger partial charge < -0.3 is 5.73 Å². The van der Waals surface area contributed by atoms with Gasteiger partial charge in [0.2, 0.25) is 0 Å². The second kappa shape index (κ2) is 2.47. The number of hydrogen-bond acceptors (Lipinski definition) is 3. The molecule has 0 bridgehead atoms. The van der Waals surface area contributed by atoms with E-state index in [4.69, 9.17) is 5.73 Å². The fourth-order valence-corrected chi connectivity index (χ4v) is 0.872. The van der Waals surface area contributed by atoms with Crippen molar-refractivity contribution in [2.75, 3.05) is 0 Å². The van der Waals surface area contributed by atoms with Crippen LogP contribution in [0.2, 0.25) is 0 Å². The SMILES string of the molecule is CC1(N)C=CC([N+](=O)[O-])=CC1. The predicted molar refractivity (Wildman–Crippen MR) is 41.4 cm³/mol. The lowest BCUT2D eigenvalue weighted by molar-refractivity contribution is -0.419. The van der Waals surface area contributed by atoms with Gasteiger partial charge >= 0.3 is 0 Å². The maximum Gasteiger partial charge on any atom is 0.265 e. The zero-order valence-electron chi connectivity index (χ0n) is 6.28.